The Balaban J connectivity index is 0. The predicted octanol–water partition coefficient (Wildman–Crippen LogP) is 9.86. The fourth-order valence-electron chi connectivity index (χ4n) is 5.97. The van der Waals surface area contributed by atoms with Gasteiger partial charge in [0.25, 0.3) is 0 Å². The van der Waals surface area contributed by atoms with Crippen LogP contribution in [0.4, 0.5) is 0 Å². The molecule has 1 aliphatic rings. The molecule has 1 saturated heterocycles. The molecule has 6 heteroatoms. The molecular formula is C37H75NO4W. The van der Waals surface area contributed by atoms with Gasteiger partial charge in [0.15, 0.2) is 0 Å². The van der Waals surface area contributed by atoms with Crippen molar-refractivity contribution in [3.8, 4) is 0 Å². The number of unbranched alkanes of at least 4 members (excludes halogenated alkanes) is 15. The average Bonchev–Trinajstić information content (AvgIpc) is 3.00. The topological polar surface area (TPSA) is 70.0 Å². The maximum absolute atomic E-state index is 12.7. The number of hydrogen-bond acceptors (Lipinski definition) is 5. The predicted molar refractivity (Wildman–Crippen MR) is 181 cm³/mol. The van der Waals surface area contributed by atoms with E-state index in [2.05, 4.69) is 32.7 Å². The zero-order chi connectivity index (χ0) is 31.1. The number of hydrogen-bond donors (Lipinski definition) is 2. The van der Waals surface area contributed by atoms with Gasteiger partial charge in [-0.25, -0.2) is 0 Å². The van der Waals surface area contributed by atoms with Gasteiger partial charge in [0.2, 0.25) is 0 Å². The summed E-state index contributed by atoms with van der Waals surface area (Å²) in [6, 6.07) is 0. The number of likely N-dealkylation sites (tertiary alicyclic amines) is 1. The van der Waals surface area contributed by atoms with Gasteiger partial charge in [0.1, 0.15) is 6.10 Å². The van der Waals surface area contributed by atoms with Gasteiger partial charge in [-0.15, -0.1) is 0 Å². The van der Waals surface area contributed by atoms with Crippen LogP contribution in [0.5, 0.6) is 0 Å². The molecule has 0 aliphatic carbocycles. The summed E-state index contributed by atoms with van der Waals surface area (Å²) in [6.07, 6.45) is 30.4. The molecule has 0 aromatic carbocycles. The maximum Gasteiger partial charge on any atom is 0.309 e. The van der Waals surface area contributed by atoms with Gasteiger partial charge in [-0.05, 0) is 83.8 Å². The van der Waals surface area contributed by atoms with E-state index in [0.717, 1.165) is 58.0 Å². The molecule has 1 aliphatic heterocycles. The van der Waals surface area contributed by atoms with E-state index in [1.165, 1.54) is 116 Å². The van der Waals surface area contributed by atoms with Gasteiger partial charge in [0.05, 0.1) is 5.92 Å². The van der Waals surface area contributed by atoms with Crippen LogP contribution >= 0.6 is 0 Å². The Morgan fingerprint density at radius 3 is 1.56 bits per heavy atom. The average molecular weight is 782 g/mol. The van der Waals surface area contributed by atoms with Crippen LogP contribution in [0, 0.1) is 11.8 Å². The molecule has 5 nitrogen and oxygen atoms in total. The van der Waals surface area contributed by atoms with Crippen molar-refractivity contribution >= 4 is 5.97 Å². The second-order valence-corrected chi connectivity index (χ2v) is 13.2. The van der Waals surface area contributed by atoms with Crippen LogP contribution in [-0.2, 0) is 30.6 Å². The molecule has 2 atom stereocenters. The molecule has 0 spiro atoms. The minimum Gasteiger partial charge on any atom is -0.462 e. The first kappa shape index (κ1) is 45.2. The van der Waals surface area contributed by atoms with Gasteiger partial charge in [-0.3, -0.25) is 4.79 Å². The molecule has 0 saturated carbocycles. The second kappa shape index (κ2) is 34.9. The van der Waals surface area contributed by atoms with Gasteiger partial charge < -0.3 is 19.8 Å². The third-order valence-corrected chi connectivity index (χ3v) is 9.09. The Morgan fingerprint density at radius 2 is 1.07 bits per heavy atom. The zero-order valence-corrected chi connectivity index (χ0v) is 32.2. The fourth-order valence-corrected chi connectivity index (χ4v) is 5.97. The zero-order valence-electron chi connectivity index (χ0n) is 29.3. The molecule has 2 unspecified atom stereocenters. The fraction of sp³-hybridized carbons (Fsp3) is 0.973. The van der Waals surface area contributed by atoms with E-state index < -0.39 is 0 Å². The van der Waals surface area contributed by atoms with Crippen molar-refractivity contribution in [3.63, 3.8) is 0 Å². The Morgan fingerprint density at radius 1 is 0.651 bits per heavy atom. The molecule has 2 N–H and O–H groups in total. The van der Waals surface area contributed by atoms with Crippen molar-refractivity contribution in [2.75, 3.05) is 33.4 Å². The Bertz CT molecular complexity index is 539. The standard InChI is InChI=1S/C25H49NO3.C12H26O.W/c1-3-4-5-6-7-10-13-16-24(17-14-11-8-9-12-15-22-27)29-25(28)23-18-20-26(2)21-19-23;1-3-5-7-8-10-12(11-13)9-6-4-2;/h23-24,27H,3-22H2,1-2H3;12-13H,3-11H2,1-2H3;. The van der Waals surface area contributed by atoms with Crippen LogP contribution in [0.3, 0.4) is 0 Å². The molecule has 1 heterocycles. The number of rotatable bonds is 27. The monoisotopic (exact) mass is 782 g/mol. The minimum absolute atomic E-state index is 0. The van der Waals surface area contributed by atoms with Crippen molar-refractivity contribution < 1.29 is 40.8 Å². The van der Waals surface area contributed by atoms with Gasteiger partial charge >= 0.3 is 5.97 Å². The smallest absolute Gasteiger partial charge is 0.309 e. The third kappa shape index (κ3) is 29.2. The molecule has 1 rings (SSSR count). The first-order valence-electron chi connectivity index (χ1n) is 18.6. The largest absolute Gasteiger partial charge is 0.462 e. The number of nitrogens with zero attached hydrogens (tertiary/aromatic N) is 1. The Kier molecular flexibility index (Phi) is 36.7. The molecule has 0 aromatic rings. The number of carbonyl (C=O) groups excluding carboxylic acids is 1. The Hall–Kier alpha value is 0.0383. The molecule has 43 heavy (non-hydrogen) atoms. The van der Waals surface area contributed by atoms with E-state index in [-0.39, 0.29) is 39.1 Å². The van der Waals surface area contributed by atoms with Crippen LogP contribution in [0.2, 0.25) is 0 Å². The number of carbonyl (C=O) groups is 1. The van der Waals surface area contributed by atoms with E-state index in [1.807, 2.05) is 0 Å². The summed E-state index contributed by atoms with van der Waals surface area (Å²) in [5, 5.41) is 18.0. The van der Waals surface area contributed by atoms with Crippen molar-refractivity contribution in [2.45, 2.75) is 187 Å². The van der Waals surface area contributed by atoms with E-state index in [1.54, 1.807) is 0 Å². The summed E-state index contributed by atoms with van der Waals surface area (Å²) in [7, 11) is 2.13. The van der Waals surface area contributed by atoms with Crippen molar-refractivity contribution in [1.82, 2.24) is 4.90 Å². The van der Waals surface area contributed by atoms with Crippen LogP contribution in [0.1, 0.15) is 181 Å². The molecule has 0 amide bonds. The number of aliphatic hydroxyl groups is 2. The van der Waals surface area contributed by atoms with E-state index in [9.17, 15) is 4.79 Å². The number of ether oxygens (including phenoxy) is 1. The van der Waals surface area contributed by atoms with E-state index >= 15 is 0 Å². The van der Waals surface area contributed by atoms with Crippen LogP contribution in [0.25, 0.3) is 0 Å². The molecule has 0 radical (unpaired) electrons. The maximum atomic E-state index is 12.7. The molecule has 0 bridgehead atoms. The SMILES string of the molecule is CCCCCCC(CO)CCCC.CCCCCCCCCC(CCCCCCCCO)OC(=O)C1CCN(C)CC1.[W]. The van der Waals surface area contributed by atoms with Gasteiger partial charge in [-0.2, -0.15) is 0 Å². The van der Waals surface area contributed by atoms with Crippen molar-refractivity contribution in [2.24, 2.45) is 11.8 Å². The minimum atomic E-state index is 0. The van der Waals surface area contributed by atoms with Crippen LogP contribution in [0.15, 0.2) is 0 Å². The number of piperidine rings is 1. The van der Waals surface area contributed by atoms with E-state index in [0.29, 0.717) is 19.1 Å². The quantitative estimate of drug-likeness (QED) is 0.0642. The van der Waals surface area contributed by atoms with Crippen LogP contribution < -0.4 is 0 Å². The van der Waals surface area contributed by atoms with Gasteiger partial charge in [0, 0.05) is 34.3 Å². The van der Waals surface area contributed by atoms with Gasteiger partial charge in [-0.1, -0.05) is 124 Å². The third-order valence-electron chi connectivity index (χ3n) is 9.09. The van der Waals surface area contributed by atoms with E-state index in [4.69, 9.17) is 14.9 Å². The number of aliphatic hydroxyl groups excluding tert-OH is 2. The number of esters is 1. The second-order valence-electron chi connectivity index (χ2n) is 13.2. The summed E-state index contributed by atoms with van der Waals surface area (Å²) in [4.78, 5) is 15.0. The molecule has 258 valence electrons. The first-order chi connectivity index (χ1) is 20.5. The molecule has 0 aromatic heterocycles. The van der Waals surface area contributed by atoms with Crippen LogP contribution in [-0.4, -0.2) is 60.5 Å². The molecule has 1 fully saturated rings. The summed E-state index contributed by atoms with van der Waals surface area (Å²) in [6.45, 7) is 9.44. The summed E-state index contributed by atoms with van der Waals surface area (Å²) >= 11 is 0. The summed E-state index contributed by atoms with van der Waals surface area (Å²) in [5.74, 6) is 0.757. The molecular weight excluding hydrogens is 706 g/mol. The summed E-state index contributed by atoms with van der Waals surface area (Å²) < 4.78 is 6.02. The Labute approximate surface area is 283 Å². The van der Waals surface area contributed by atoms with Crippen molar-refractivity contribution in [1.29, 1.82) is 0 Å². The summed E-state index contributed by atoms with van der Waals surface area (Å²) in [5.41, 5.74) is 0. The van der Waals surface area contributed by atoms with Crippen molar-refractivity contribution in [3.05, 3.63) is 0 Å². The first-order valence-corrected chi connectivity index (χ1v) is 18.6. The normalized spacial score (nSPS) is 15.3.